The summed E-state index contributed by atoms with van der Waals surface area (Å²) in [4.78, 5) is 14.1. The largest absolute Gasteiger partial charge is 0.365 e. The zero-order valence-corrected chi connectivity index (χ0v) is 11.6. The Morgan fingerprint density at radius 1 is 1.37 bits per heavy atom. The van der Waals surface area contributed by atoms with Crippen LogP contribution in [0, 0.1) is 6.92 Å². The van der Waals surface area contributed by atoms with Crippen LogP contribution in [-0.4, -0.2) is 25.2 Å². The van der Waals surface area contributed by atoms with E-state index in [1.165, 1.54) is 0 Å². The Morgan fingerprint density at radius 2 is 2.05 bits per heavy atom. The molecule has 0 saturated heterocycles. The highest BCUT2D eigenvalue weighted by Gasteiger charge is 2.22. The number of carbonyl (C=O) groups is 1. The first kappa shape index (κ1) is 15.2. The van der Waals surface area contributed by atoms with Crippen molar-refractivity contribution in [2.75, 3.05) is 18.1 Å². The SMILES string of the molecule is C=CCOC(C)C(=O)N(CC=C)c1ccccc1C. The van der Waals surface area contributed by atoms with Crippen molar-refractivity contribution >= 4 is 11.6 Å². The van der Waals surface area contributed by atoms with Crippen LogP contribution in [0.2, 0.25) is 0 Å². The number of hydrogen-bond donors (Lipinski definition) is 0. The van der Waals surface area contributed by atoms with E-state index in [0.717, 1.165) is 11.3 Å². The van der Waals surface area contributed by atoms with Crippen molar-refractivity contribution in [3.8, 4) is 0 Å². The lowest BCUT2D eigenvalue weighted by Crippen LogP contribution is -2.39. The Bertz CT molecular complexity index is 454. The van der Waals surface area contributed by atoms with Crippen LogP contribution >= 0.6 is 0 Å². The minimum Gasteiger partial charge on any atom is -0.365 e. The van der Waals surface area contributed by atoms with E-state index in [1.807, 2.05) is 31.2 Å². The van der Waals surface area contributed by atoms with Gasteiger partial charge in [-0.3, -0.25) is 4.79 Å². The highest BCUT2D eigenvalue weighted by atomic mass is 16.5. The summed E-state index contributed by atoms with van der Waals surface area (Å²) in [5.74, 6) is -0.0731. The first-order valence-electron chi connectivity index (χ1n) is 6.32. The normalized spacial score (nSPS) is 11.7. The van der Waals surface area contributed by atoms with Crippen molar-refractivity contribution in [3.05, 3.63) is 55.1 Å². The smallest absolute Gasteiger partial charge is 0.256 e. The van der Waals surface area contributed by atoms with Crippen molar-refractivity contribution in [3.63, 3.8) is 0 Å². The Kier molecular flexibility index (Phi) is 6.03. The van der Waals surface area contributed by atoms with Crippen LogP contribution in [0.5, 0.6) is 0 Å². The molecule has 0 saturated carbocycles. The summed E-state index contributed by atoms with van der Waals surface area (Å²) < 4.78 is 5.40. The molecule has 102 valence electrons. The quantitative estimate of drug-likeness (QED) is 0.704. The fourth-order valence-corrected chi connectivity index (χ4v) is 1.81. The number of rotatable bonds is 7. The lowest BCUT2D eigenvalue weighted by atomic mass is 10.1. The van der Waals surface area contributed by atoms with Crippen molar-refractivity contribution in [2.24, 2.45) is 0 Å². The number of carbonyl (C=O) groups excluding carboxylic acids is 1. The van der Waals surface area contributed by atoms with Crippen molar-refractivity contribution in [1.29, 1.82) is 0 Å². The van der Waals surface area contributed by atoms with Gasteiger partial charge in [-0.1, -0.05) is 30.4 Å². The van der Waals surface area contributed by atoms with E-state index in [0.29, 0.717) is 13.2 Å². The zero-order chi connectivity index (χ0) is 14.3. The van der Waals surface area contributed by atoms with Gasteiger partial charge in [0.2, 0.25) is 0 Å². The minimum absolute atomic E-state index is 0.0731. The number of para-hydroxylation sites is 1. The van der Waals surface area contributed by atoms with Gasteiger partial charge >= 0.3 is 0 Å². The second kappa shape index (κ2) is 7.54. The third-order valence-electron chi connectivity index (χ3n) is 2.80. The topological polar surface area (TPSA) is 29.5 Å². The summed E-state index contributed by atoms with van der Waals surface area (Å²) >= 11 is 0. The number of aryl methyl sites for hydroxylation is 1. The maximum atomic E-state index is 12.4. The van der Waals surface area contributed by atoms with Crippen LogP contribution in [-0.2, 0) is 9.53 Å². The molecule has 1 rings (SSSR count). The van der Waals surface area contributed by atoms with Crippen LogP contribution in [0.25, 0.3) is 0 Å². The average Bonchev–Trinajstić information content (AvgIpc) is 2.42. The Morgan fingerprint density at radius 3 is 2.63 bits per heavy atom. The molecule has 0 heterocycles. The minimum atomic E-state index is -0.502. The summed E-state index contributed by atoms with van der Waals surface area (Å²) in [6.07, 6.45) is 2.84. The molecule has 0 aliphatic heterocycles. The molecule has 0 radical (unpaired) electrons. The number of hydrogen-bond acceptors (Lipinski definition) is 2. The monoisotopic (exact) mass is 259 g/mol. The van der Waals surface area contributed by atoms with E-state index in [1.54, 1.807) is 24.0 Å². The van der Waals surface area contributed by atoms with E-state index in [-0.39, 0.29) is 5.91 Å². The summed E-state index contributed by atoms with van der Waals surface area (Å²) in [6, 6.07) is 7.78. The predicted octanol–water partition coefficient (Wildman–Crippen LogP) is 3.11. The van der Waals surface area contributed by atoms with Gasteiger partial charge in [-0.15, -0.1) is 13.2 Å². The molecule has 0 fully saturated rings. The second-order valence-corrected chi connectivity index (χ2v) is 4.29. The lowest BCUT2D eigenvalue weighted by molar-refractivity contribution is -0.128. The van der Waals surface area contributed by atoms with Gasteiger partial charge in [0.15, 0.2) is 0 Å². The molecule has 3 heteroatoms. The molecule has 0 aromatic heterocycles. The zero-order valence-electron chi connectivity index (χ0n) is 11.6. The first-order chi connectivity index (χ1) is 9.11. The molecule has 0 aliphatic carbocycles. The van der Waals surface area contributed by atoms with Crippen molar-refractivity contribution in [2.45, 2.75) is 20.0 Å². The van der Waals surface area contributed by atoms with E-state index < -0.39 is 6.10 Å². The maximum absolute atomic E-state index is 12.4. The third kappa shape index (κ3) is 4.07. The third-order valence-corrected chi connectivity index (χ3v) is 2.80. The van der Waals surface area contributed by atoms with E-state index >= 15 is 0 Å². The average molecular weight is 259 g/mol. The van der Waals surface area contributed by atoms with E-state index in [2.05, 4.69) is 13.2 Å². The molecule has 0 aliphatic rings. The van der Waals surface area contributed by atoms with Gasteiger partial charge in [0.25, 0.3) is 5.91 Å². The Labute approximate surface area is 115 Å². The molecular formula is C16H21NO2. The van der Waals surface area contributed by atoms with Gasteiger partial charge in [0.1, 0.15) is 6.10 Å². The number of nitrogens with zero attached hydrogens (tertiary/aromatic N) is 1. The van der Waals surface area contributed by atoms with Crippen LogP contribution < -0.4 is 4.90 Å². The van der Waals surface area contributed by atoms with Gasteiger partial charge < -0.3 is 9.64 Å². The summed E-state index contributed by atoms with van der Waals surface area (Å²) in [5.41, 5.74) is 1.94. The molecule has 0 spiro atoms. The molecule has 1 unspecified atom stereocenters. The van der Waals surface area contributed by atoms with Crippen LogP contribution in [0.15, 0.2) is 49.6 Å². The molecule has 1 aromatic rings. The van der Waals surface area contributed by atoms with Crippen molar-refractivity contribution in [1.82, 2.24) is 0 Å². The number of anilines is 1. The molecular weight excluding hydrogens is 238 g/mol. The van der Waals surface area contributed by atoms with Crippen LogP contribution in [0.3, 0.4) is 0 Å². The fourth-order valence-electron chi connectivity index (χ4n) is 1.81. The second-order valence-electron chi connectivity index (χ2n) is 4.29. The van der Waals surface area contributed by atoms with Gasteiger partial charge in [0.05, 0.1) is 6.61 Å². The summed E-state index contributed by atoms with van der Waals surface area (Å²) in [7, 11) is 0. The molecule has 3 nitrogen and oxygen atoms in total. The number of amides is 1. The highest BCUT2D eigenvalue weighted by Crippen LogP contribution is 2.20. The number of ether oxygens (including phenoxy) is 1. The number of benzene rings is 1. The van der Waals surface area contributed by atoms with Gasteiger partial charge in [-0.05, 0) is 25.5 Å². The predicted molar refractivity (Wildman–Crippen MR) is 79.3 cm³/mol. The Hall–Kier alpha value is -1.87. The highest BCUT2D eigenvalue weighted by molar-refractivity contribution is 5.97. The molecule has 1 atom stereocenters. The molecule has 1 aromatic carbocycles. The molecule has 0 bridgehead atoms. The molecule has 19 heavy (non-hydrogen) atoms. The Balaban J connectivity index is 2.94. The van der Waals surface area contributed by atoms with Gasteiger partial charge in [-0.25, -0.2) is 0 Å². The maximum Gasteiger partial charge on any atom is 0.256 e. The molecule has 1 amide bonds. The van der Waals surface area contributed by atoms with E-state index in [4.69, 9.17) is 4.74 Å². The van der Waals surface area contributed by atoms with E-state index in [9.17, 15) is 4.79 Å². The first-order valence-corrected chi connectivity index (χ1v) is 6.32. The standard InChI is InChI=1S/C16H21NO2/c1-5-11-17(15-10-8-7-9-13(15)3)16(18)14(4)19-12-6-2/h5-10,14H,1-2,11-12H2,3-4H3. The van der Waals surface area contributed by atoms with Crippen molar-refractivity contribution < 1.29 is 9.53 Å². The van der Waals surface area contributed by atoms with Gasteiger partial charge in [-0.2, -0.15) is 0 Å². The lowest BCUT2D eigenvalue weighted by Gasteiger charge is -2.26. The summed E-state index contributed by atoms with van der Waals surface area (Å²) in [6.45, 7) is 11.8. The van der Waals surface area contributed by atoms with Gasteiger partial charge in [0, 0.05) is 12.2 Å². The fraction of sp³-hybridized carbons (Fsp3) is 0.312. The van der Waals surface area contributed by atoms with Crippen LogP contribution in [0.4, 0.5) is 5.69 Å². The molecule has 0 N–H and O–H groups in total. The summed E-state index contributed by atoms with van der Waals surface area (Å²) in [5, 5.41) is 0. The van der Waals surface area contributed by atoms with Crippen LogP contribution in [0.1, 0.15) is 12.5 Å².